The molecule has 3 aliphatic heterocycles. The van der Waals surface area contributed by atoms with Gasteiger partial charge in [-0.25, -0.2) is 44.3 Å². The topological polar surface area (TPSA) is 265 Å². The Balaban J connectivity index is 0.000000159. The number of nitrogens with zero attached hydrogens (tertiary/aromatic N) is 14. The van der Waals surface area contributed by atoms with Gasteiger partial charge in [0.15, 0.2) is 35.6 Å². The van der Waals surface area contributed by atoms with Gasteiger partial charge in [0.1, 0.15) is 13.2 Å². The fourth-order valence-corrected chi connectivity index (χ4v) is 16.9. The molecule has 123 heavy (non-hydrogen) atoms. The summed E-state index contributed by atoms with van der Waals surface area (Å²) in [5.41, 5.74) is 21.6. The molecule has 6 aromatic carbocycles. The zero-order chi connectivity index (χ0) is 88.7. The number of likely N-dealkylation sites (N-methyl/N-ethyl adjacent to an activating group) is 2. The number of methoxy groups -OCH3 is 2. The van der Waals surface area contributed by atoms with Gasteiger partial charge in [0, 0.05) is 102 Å². The van der Waals surface area contributed by atoms with E-state index in [0.717, 1.165) is 177 Å². The number of ether oxygens (including phenoxy) is 7. The minimum atomic E-state index is -1.18. The fourth-order valence-electron chi connectivity index (χ4n) is 16.9. The summed E-state index contributed by atoms with van der Waals surface area (Å²) in [5, 5.41) is 23.4. The van der Waals surface area contributed by atoms with Crippen molar-refractivity contribution in [3.63, 3.8) is 0 Å². The number of rotatable bonds is 23. The van der Waals surface area contributed by atoms with Gasteiger partial charge in [-0.1, -0.05) is 89.5 Å². The second-order valence-electron chi connectivity index (χ2n) is 35.6. The molecule has 0 bridgehead atoms. The molecule has 26 nitrogen and oxygen atoms in total. The van der Waals surface area contributed by atoms with Gasteiger partial charge in [-0.15, -0.1) is 0 Å². The molecule has 3 aliphatic rings. The zero-order valence-corrected chi connectivity index (χ0v) is 75.7. The van der Waals surface area contributed by atoms with Crippen molar-refractivity contribution in [1.29, 1.82) is 0 Å². The molecule has 0 amide bonds. The van der Waals surface area contributed by atoms with E-state index in [0.29, 0.717) is 67.8 Å². The maximum atomic E-state index is 13.5. The number of benzene rings is 6. The Labute approximate surface area is 721 Å². The SMILES string of the molecule is COC(=O)[C@@H](OC(C)(C)C)c1c(C)c2c3c(cc(C)n3CCN2c2ncc(O)cn2)c1-c1ccc(C)cc1.COC(=O)[C@@H](OC(C)(C)C)c1c(C)c2c3c(cc(C)n3CCN2c2ncc(OCCN(C)C)cn2)c1-c1ccc(C)cc1.Cc1ccc(-c2c([C@H](OC(C)(C)C)C(=O)O)c(C)c3c4c2cc(C)n4CCN3c2ncc(OCCN(C)C)cn2)cc1. The lowest BCUT2D eigenvalue weighted by molar-refractivity contribution is -0.164. The molecule has 0 unspecified atom stereocenters. The number of anilines is 6. The van der Waals surface area contributed by atoms with Crippen LogP contribution in [0.1, 0.15) is 148 Å². The number of hydrogen-bond acceptors (Lipinski definition) is 22. The van der Waals surface area contributed by atoms with Crippen molar-refractivity contribution in [2.24, 2.45) is 0 Å². The Hall–Kier alpha value is -11.8. The third kappa shape index (κ3) is 18.8. The van der Waals surface area contributed by atoms with Crippen LogP contribution < -0.4 is 24.2 Å². The summed E-state index contributed by atoms with van der Waals surface area (Å²) in [5.74, 6) is 0.930. The number of carboxylic acids is 1. The largest absolute Gasteiger partial charge is 0.505 e. The number of carbonyl (C=O) groups is 3. The third-order valence-electron chi connectivity index (χ3n) is 22.4. The summed E-state index contributed by atoms with van der Waals surface area (Å²) < 4.78 is 48.5. The van der Waals surface area contributed by atoms with Crippen molar-refractivity contribution in [3.8, 4) is 50.6 Å². The van der Waals surface area contributed by atoms with Crippen LogP contribution in [0.25, 0.3) is 66.1 Å². The van der Waals surface area contributed by atoms with E-state index in [2.05, 4.69) is 191 Å². The first-order valence-corrected chi connectivity index (χ1v) is 41.9. The summed E-state index contributed by atoms with van der Waals surface area (Å²) in [6.45, 7) is 42.8. The molecule has 648 valence electrons. The van der Waals surface area contributed by atoms with Crippen LogP contribution in [0.3, 0.4) is 0 Å². The van der Waals surface area contributed by atoms with Gasteiger partial charge >= 0.3 is 17.9 Å². The van der Waals surface area contributed by atoms with Crippen molar-refractivity contribution < 1.29 is 57.8 Å². The van der Waals surface area contributed by atoms with Crippen molar-refractivity contribution in [2.75, 3.05) is 103 Å². The molecule has 0 saturated heterocycles. The van der Waals surface area contributed by atoms with E-state index in [9.17, 15) is 24.6 Å². The zero-order valence-electron chi connectivity index (χ0n) is 75.7. The fraction of sp³-hybridized carbons (Fsp3) is 0.412. The summed E-state index contributed by atoms with van der Waals surface area (Å²) >= 11 is 0. The lowest BCUT2D eigenvalue weighted by Crippen LogP contribution is -2.32. The summed E-state index contributed by atoms with van der Waals surface area (Å²) in [6.07, 6.45) is 6.58. The molecule has 0 saturated carbocycles. The van der Waals surface area contributed by atoms with E-state index in [1.807, 2.05) is 111 Å². The first-order chi connectivity index (χ1) is 58.2. The summed E-state index contributed by atoms with van der Waals surface area (Å²) in [7, 11) is 10.8. The highest BCUT2D eigenvalue weighted by molar-refractivity contribution is 6.11. The van der Waals surface area contributed by atoms with E-state index in [1.54, 1.807) is 24.8 Å². The predicted octanol–water partition coefficient (Wildman–Crippen LogP) is 18.1. The van der Waals surface area contributed by atoms with Crippen molar-refractivity contribution >= 4 is 85.5 Å². The first kappa shape index (κ1) is 89.0. The summed E-state index contributed by atoms with van der Waals surface area (Å²) in [6, 6.07) is 31.6. The smallest absolute Gasteiger partial charge is 0.339 e. The van der Waals surface area contributed by atoms with Crippen LogP contribution in [0.5, 0.6) is 17.2 Å². The minimum absolute atomic E-state index is 0.00610. The van der Waals surface area contributed by atoms with E-state index in [4.69, 9.17) is 43.1 Å². The van der Waals surface area contributed by atoms with Gasteiger partial charge in [-0.2, -0.15) is 0 Å². The molecule has 0 aliphatic carbocycles. The molecule has 12 aromatic rings. The minimum Gasteiger partial charge on any atom is -0.505 e. The van der Waals surface area contributed by atoms with E-state index in [1.165, 1.54) is 26.6 Å². The van der Waals surface area contributed by atoms with Crippen LogP contribution in [0.4, 0.5) is 34.9 Å². The highest BCUT2D eigenvalue weighted by Crippen LogP contribution is 2.54. The second-order valence-corrected chi connectivity index (χ2v) is 35.6. The number of aryl methyl sites for hydroxylation is 6. The van der Waals surface area contributed by atoms with Crippen LogP contribution in [0.15, 0.2) is 128 Å². The molecule has 0 radical (unpaired) electrons. The van der Waals surface area contributed by atoms with Gasteiger partial charge < -0.3 is 81.6 Å². The van der Waals surface area contributed by atoms with E-state index >= 15 is 0 Å². The number of carbonyl (C=O) groups excluding carboxylic acids is 2. The molecular weight excluding hydrogens is 1550 g/mol. The van der Waals surface area contributed by atoms with Gasteiger partial charge in [-0.3, -0.25) is 0 Å². The second kappa shape index (κ2) is 35.9. The van der Waals surface area contributed by atoms with Crippen molar-refractivity contribution in [1.82, 2.24) is 53.4 Å². The number of aromatic nitrogens is 9. The van der Waals surface area contributed by atoms with E-state index < -0.39 is 53.0 Å². The molecule has 0 fully saturated rings. The molecule has 0 spiro atoms. The number of esters is 2. The number of hydrogen-bond donors (Lipinski definition) is 2. The van der Waals surface area contributed by atoms with Crippen LogP contribution in [0.2, 0.25) is 0 Å². The maximum absolute atomic E-state index is 13.5. The van der Waals surface area contributed by atoms with Gasteiger partial charge in [0.25, 0.3) is 0 Å². The maximum Gasteiger partial charge on any atom is 0.339 e. The Morgan fingerprint density at radius 3 is 0.935 bits per heavy atom. The van der Waals surface area contributed by atoms with Gasteiger partial charge in [-0.05, 0) is 221 Å². The lowest BCUT2D eigenvalue weighted by Gasteiger charge is -2.35. The predicted molar refractivity (Wildman–Crippen MR) is 484 cm³/mol. The van der Waals surface area contributed by atoms with Crippen LogP contribution in [-0.4, -0.2) is 187 Å². The molecule has 3 atom stereocenters. The first-order valence-electron chi connectivity index (χ1n) is 41.9. The number of aromatic hydroxyl groups is 1. The Bertz CT molecular complexity index is 5880. The highest BCUT2D eigenvalue weighted by atomic mass is 16.6. The molecule has 26 heteroatoms. The monoisotopic (exact) mass is 1670 g/mol. The van der Waals surface area contributed by atoms with Crippen molar-refractivity contribution in [3.05, 3.63) is 195 Å². The molecule has 15 rings (SSSR count). The Morgan fingerprint density at radius 2 is 0.675 bits per heavy atom. The van der Waals surface area contributed by atoms with E-state index in [-0.39, 0.29) is 5.75 Å². The summed E-state index contributed by atoms with van der Waals surface area (Å²) in [4.78, 5) is 77.9. The van der Waals surface area contributed by atoms with Gasteiger partial charge in [0.05, 0.1) is 102 Å². The molecule has 9 heterocycles. The molecule has 2 N–H and O–H groups in total. The van der Waals surface area contributed by atoms with Crippen LogP contribution in [-0.2, 0) is 57.7 Å². The lowest BCUT2D eigenvalue weighted by atomic mass is 9.87. The van der Waals surface area contributed by atoms with Crippen LogP contribution >= 0.6 is 0 Å². The van der Waals surface area contributed by atoms with Crippen LogP contribution in [0, 0.1) is 62.3 Å². The number of carboxylic acid groups (broad SMARTS) is 1. The average Bonchev–Trinajstić information content (AvgIpc) is 1.61. The quantitative estimate of drug-likeness (QED) is 0.0564. The Kier molecular flexibility index (Phi) is 26.0. The highest BCUT2D eigenvalue weighted by Gasteiger charge is 2.42. The standard InChI is InChI=1S/C34H43N5O4.C33H41N5O4.C30H34N4O4/c1-21-10-12-24(13-11-21)28-26-18-22(2)38-14-15-39(33-35-19-25(20-36-33)42-17-16-37(7)8)29(30(26)38)23(3)27(28)31(32(40)41-9)43-34(4,5)6;1-20-9-11-23(12-10-20)27-25-17-21(2)37-13-14-38(32-34-18-24(19-35-32)41-16-15-36(7)8)28(29(25)37)22(3)26(27)30(31(39)40)42-33(4,5)6;1-17-8-10-20(11-9-17)24-22-14-18(2)33-12-13-34(29-31-15-21(35)16-32-29)25(26(22)33)19(3)23(24)27(28(36)37-7)38-30(4,5)6/h10-13,18-20,31H,14-17H2,1-9H3;9-12,17-19,30H,13-16H2,1-8H3,(H,39,40);8-11,14-16,27,35H,12-13H2,1-7H3/t31-;30-;27-/m000/s1. The number of aliphatic carboxylic acids is 1. The third-order valence-corrected chi connectivity index (χ3v) is 22.4. The normalized spacial score (nSPS) is 14.0. The average molecular weight is 1670 g/mol. The molecule has 6 aromatic heterocycles. The Morgan fingerprint density at radius 1 is 0.407 bits per heavy atom. The van der Waals surface area contributed by atoms with Gasteiger partial charge in [0.2, 0.25) is 17.8 Å². The van der Waals surface area contributed by atoms with Crippen molar-refractivity contribution in [2.45, 2.75) is 179 Å². The molecular formula is C97H118N14O12.